The van der Waals surface area contributed by atoms with E-state index in [1.165, 1.54) is 11.1 Å². The molecule has 2 aromatic rings. The van der Waals surface area contributed by atoms with Crippen LogP contribution >= 0.6 is 0 Å². The van der Waals surface area contributed by atoms with E-state index in [1.807, 2.05) is 30.3 Å². The molecule has 0 saturated heterocycles. The summed E-state index contributed by atoms with van der Waals surface area (Å²) in [6.45, 7) is 1.55. The van der Waals surface area contributed by atoms with Crippen LogP contribution in [0.1, 0.15) is 23.6 Å². The molecule has 3 nitrogen and oxygen atoms in total. The molecule has 0 aliphatic heterocycles. The van der Waals surface area contributed by atoms with Crippen molar-refractivity contribution >= 4 is 5.97 Å². The average molecular weight is 253 g/mol. The molecule has 0 spiro atoms. The Hall–Kier alpha value is -2.13. The van der Waals surface area contributed by atoms with Gasteiger partial charge in [-0.05, 0) is 41.2 Å². The minimum Gasteiger partial charge on any atom is -0.480 e. The monoisotopic (exact) mass is 253 g/mol. The van der Waals surface area contributed by atoms with Gasteiger partial charge in [-0.15, -0.1) is 0 Å². The summed E-state index contributed by atoms with van der Waals surface area (Å²) in [7, 11) is 0. The van der Waals surface area contributed by atoms with E-state index in [2.05, 4.69) is 12.1 Å². The van der Waals surface area contributed by atoms with Gasteiger partial charge >= 0.3 is 5.97 Å². The molecule has 2 aromatic carbocycles. The standard InChI is InChI=1S/C16H15NO2/c1-16(17,15(18)19)14-8-4-7-12-11-6-3-2-5-10(11)9-13(12)14/h2-8H,9,17H2,1H3,(H,18,19)/t16-/m1/s1. The van der Waals surface area contributed by atoms with Crippen LogP contribution in [0.15, 0.2) is 42.5 Å². The van der Waals surface area contributed by atoms with E-state index in [4.69, 9.17) is 5.73 Å². The van der Waals surface area contributed by atoms with Crippen molar-refractivity contribution in [3.8, 4) is 11.1 Å². The Bertz CT molecular complexity index is 674. The fourth-order valence-corrected chi connectivity index (χ4v) is 2.76. The van der Waals surface area contributed by atoms with Crippen LogP contribution in [0.2, 0.25) is 0 Å². The van der Waals surface area contributed by atoms with Gasteiger partial charge in [0.05, 0.1) is 0 Å². The molecular weight excluding hydrogens is 238 g/mol. The number of hydrogen-bond donors (Lipinski definition) is 2. The fraction of sp³-hybridized carbons (Fsp3) is 0.188. The molecule has 0 heterocycles. The summed E-state index contributed by atoms with van der Waals surface area (Å²) in [6, 6.07) is 13.9. The van der Waals surface area contributed by atoms with E-state index in [1.54, 1.807) is 6.92 Å². The summed E-state index contributed by atoms with van der Waals surface area (Å²) in [5, 5.41) is 9.32. The van der Waals surface area contributed by atoms with Gasteiger partial charge in [-0.3, -0.25) is 0 Å². The van der Waals surface area contributed by atoms with Gasteiger partial charge in [0, 0.05) is 0 Å². The lowest BCUT2D eigenvalue weighted by atomic mass is 9.87. The first kappa shape index (κ1) is 11.9. The van der Waals surface area contributed by atoms with Crippen molar-refractivity contribution in [2.45, 2.75) is 18.9 Å². The maximum atomic E-state index is 11.4. The highest BCUT2D eigenvalue weighted by Crippen LogP contribution is 2.40. The smallest absolute Gasteiger partial charge is 0.328 e. The second kappa shape index (κ2) is 3.93. The van der Waals surface area contributed by atoms with Gasteiger partial charge < -0.3 is 10.8 Å². The largest absolute Gasteiger partial charge is 0.480 e. The average Bonchev–Trinajstić information content (AvgIpc) is 2.76. The van der Waals surface area contributed by atoms with E-state index in [9.17, 15) is 9.90 Å². The van der Waals surface area contributed by atoms with Crippen molar-refractivity contribution in [3.63, 3.8) is 0 Å². The molecular formula is C16H15NO2. The normalized spacial score (nSPS) is 15.5. The van der Waals surface area contributed by atoms with Gasteiger partial charge in [-0.2, -0.15) is 0 Å². The molecule has 0 saturated carbocycles. The van der Waals surface area contributed by atoms with Crippen LogP contribution in [0, 0.1) is 0 Å². The van der Waals surface area contributed by atoms with Crippen molar-refractivity contribution in [2.24, 2.45) is 5.73 Å². The lowest BCUT2D eigenvalue weighted by molar-refractivity contribution is -0.143. The van der Waals surface area contributed by atoms with Crippen molar-refractivity contribution in [2.75, 3.05) is 0 Å². The Morgan fingerprint density at radius 3 is 2.58 bits per heavy atom. The van der Waals surface area contributed by atoms with E-state index >= 15 is 0 Å². The molecule has 1 aliphatic rings. The number of carboxylic acids is 1. The second-order valence-corrected chi connectivity index (χ2v) is 5.17. The van der Waals surface area contributed by atoms with Crippen molar-refractivity contribution in [1.29, 1.82) is 0 Å². The Balaban J connectivity index is 2.22. The lowest BCUT2D eigenvalue weighted by Crippen LogP contribution is -2.42. The quantitative estimate of drug-likeness (QED) is 0.737. The highest BCUT2D eigenvalue weighted by atomic mass is 16.4. The zero-order valence-electron chi connectivity index (χ0n) is 10.7. The Morgan fingerprint density at radius 2 is 1.84 bits per heavy atom. The lowest BCUT2D eigenvalue weighted by Gasteiger charge is -2.22. The number of carboxylic acid groups (broad SMARTS) is 1. The number of rotatable bonds is 2. The maximum absolute atomic E-state index is 11.4. The molecule has 0 fully saturated rings. The van der Waals surface area contributed by atoms with Gasteiger partial charge in [0.2, 0.25) is 0 Å². The number of fused-ring (bicyclic) bond motifs is 3. The van der Waals surface area contributed by atoms with E-state index < -0.39 is 11.5 Å². The van der Waals surface area contributed by atoms with Crippen LogP contribution in [0.5, 0.6) is 0 Å². The predicted octanol–water partition coefficient (Wildman–Crippen LogP) is 2.52. The number of benzene rings is 2. The molecule has 0 unspecified atom stereocenters. The molecule has 3 N–H and O–H groups in total. The summed E-state index contributed by atoms with van der Waals surface area (Å²) < 4.78 is 0. The summed E-state index contributed by atoms with van der Waals surface area (Å²) in [5.74, 6) is -1.00. The first-order chi connectivity index (χ1) is 9.01. The number of hydrogen-bond acceptors (Lipinski definition) is 2. The zero-order valence-corrected chi connectivity index (χ0v) is 10.7. The van der Waals surface area contributed by atoms with Crippen LogP contribution in [0.25, 0.3) is 11.1 Å². The van der Waals surface area contributed by atoms with Gasteiger partial charge in [0.25, 0.3) is 0 Å². The highest BCUT2D eigenvalue weighted by molar-refractivity contribution is 5.85. The van der Waals surface area contributed by atoms with E-state index in [-0.39, 0.29) is 0 Å². The van der Waals surface area contributed by atoms with Crippen molar-refractivity contribution in [3.05, 3.63) is 59.2 Å². The molecule has 0 amide bonds. The molecule has 1 aliphatic carbocycles. The molecule has 1 atom stereocenters. The van der Waals surface area contributed by atoms with Crippen molar-refractivity contribution in [1.82, 2.24) is 0 Å². The molecule has 3 rings (SSSR count). The molecule has 0 bridgehead atoms. The molecule has 96 valence electrons. The third-order valence-corrected chi connectivity index (χ3v) is 3.85. The molecule has 3 heteroatoms. The van der Waals surface area contributed by atoms with Gasteiger partial charge in [-0.1, -0.05) is 42.5 Å². The first-order valence-electron chi connectivity index (χ1n) is 6.24. The van der Waals surface area contributed by atoms with Crippen molar-refractivity contribution < 1.29 is 9.90 Å². The van der Waals surface area contributed by atoms with Gasteiger partial charge in [0.15, 0.2) is 0 Å². The second-order valence-electron chi connectivity index (χ2n) is 5.17. The van der Waals surface area contributed by atoms with Crippen LogP contribution in [0.3, 0.4) is 0 Å². The van der Waals surface area contributed by atoms with Crippen LogP contribution in [0.4, 0.5) is 0 Å². The predicted molar refractivity (Wildman–Crippen MR) is 73.9 cm³/mol. The Kier molecular flexibility index (Phi) is 2.47. The summed E-state index contributed by atoms with van der Waals surface area (Å²) in [4.78, 5) is 11.4. The molecule has 0 radical (unpaired) electrons. The summed E-state index contributed by atoms with van der Waals surface area (Å²) in [6.07, 6.45) is 0.752. The summed E-state index contributed by atoms with van der Waals surface area (Å²) >= 11 is 0. The van der Waals surface area contributed by atoms with Gasteiger partial charge in [0.1, 0.15) is 5.54 Å². The third-order valence-electron chi connectivity index (χ3n) is 3.85. The summed E-state index contributed by atoms with van der Waals surface area (Å²) in [5.41, 5.74) is 9.89. The van der Waals surface area contributed by atoms with E-state index in [0.717, 1.165) is 17.5 Å². The van der Waals surface area contributed by atoms with Crippen LogP contribution in [-0.2, 0) is 16.8 Å². The first-order valence-corrected chi connectivity index (χ1v) is 6.24. The molecule has 0 aromatic heterocycles. The SMILES string of the molecule is C[C@](N)(C(=O)O)c1cccc2c1Cc1ccccc1-2. The topological polar surface area (TPSA) is 63.3 Å². The molecule has 19 heavy (non-hydrogen) atoms. The van der Waals surface area contributed by atoms with E-state index in [0.29, 0.717) is 5.56 Å². The third kappa shape index (κ3) is 1.66. The van der Waals surface area contributed by atoms with Crippen LogP contribution in [-0.4, -0.2) is 11.1 Å². The number of aliphatic carboxylic acids is 1. The maximum Gasteiger partial charge on any atom is 0.328 e. The number of carbonyl (C=O) groups is 1. The highest BCUT2D eigenvalue weighted by Gasteiger charge is 2.35. The minimum absolute atomic E-state index is 0.703. The zero-order chi connectivity index (χ0) is 13.6. The van der Waals surface area contributed by atoms with Crippen LogP contribution < -0.4 is 5.73 Å². The number of nitrogens with two attached hydrogens (primary N) is 1. The minimum atomic E-state index is -1.35. The Morgan fingerprint density at radius 1 is 1.16 bits per heavy atom. The Labute approximate surface area is 111 Å². The fourth-order valence-electron chi connectivity index (χ4n) is 2.76. The van der Waals surface area contributed by atoms with Gasteiger partial charge in [-0.25, -0.2) is 4.79 Å².